The van der Waals surface area contributed by atoms with Crippen LogP contribution in [0.3, 0.4) is 0 Å². The maximum absolute atomic E-state index is 12.0. The first kappa shape index (κ1) is 14.7. The van der Waals surface area contributed by atoms with Crippen molar-refractivity contribution in [1.29, 1.82) is 0 Å². The van der Waals surface area contributed by atoms with Crippen LogP contribution in [0.2, 0.25) is 0 Å². The van der Waals surface area contributed by atoms with E-state index in [1.165, 1.54) is 16.7 Å². The third kappa shape index (κ3) is 3.57. The van der Waals surface area contributed by atoms with E-state index in [4.69, 9.17) is 5.11 Å². The van der Waals surface area contributed by atoms with Crippen molar-refractivity contribution in [3.63, 3.8) is 0 Å². The lowest BCUT2D eigenvalue weighted by molar-refractivity contribution is -0.141. The highest BCUT2D eigenvalue weighted by atomic mass is 32.2. The summed E-state index contributed by atoms with van der Waals surface area (Å²) in [5, 5.41) is 11.8. The predicted octanol–water partition coefficient (Wildman–Crippen LogP) is 1.35. The van der Waals surface area contributed by atoms with Gasteiger partial charge >= 0.3 is 12.0 Å². The molecule has 0 spiro atoms. The number of carboxylic acids is 1. The molecule has 1 aliphatic rings. The number of hydrogen-bond donors (Lipinski definition) is 2. The van der Waals surface area contributed by atoms with Crippen LogP contribution in [-0.4, -0.2) is 45.7 Å². The van der Waals surface area contributed by atoms with Crippen molar-refractivity contribution in [2.45, 2.75) is 38.1 Å². The van der Waals surface area contributed by atoms with E-state index in [1.807, 2.05) is 6.92 Å². The van der Waals surface area contributed by atoms with Crippen molar-refractivity contribution >= 4 is 23.8 Å². The quantitative estimate of drug-likeness (QED) is 0.597. The molecule has 18 heavy (non-hydrogen) atoms. The minimum Gasteiger partial charge on any atom is -0.480 e. The number of thioether (sulfide) groups is 1. The highest BCUT2D eigenvalue weighted by Gasteiger charge is 2.40. The van der Waals surface area contributed by atoms with E-state index >= 15 is 0 Å². The fourth-order valence-corrected chi connectivity index (χ4v) is 3.14. The summed E-state index contributed by atoms with van der Waals surface area (Å²) in [6, 6.07) is -1.03. The van der Waals surface area contributed by atoms with Gasteiger partial charge in [-0.1, -0.05) is 6.92 Å². The second-order valence-electron chi connectivity index (χ2n) is 3.87. The van der Waals surface area contributed by atoms with E-state index in [9.17, 15) is 9.59 Å². The standard InChI is InChI=1S/C12H18N2O3S/c1-3-5-6-7-13-12(17)14-9(11(15)16)8-18-10(14)4-2/h9-10H,4,6-8H2,1-2H3,(H,13,17)(H,15,16). The van der Waals surface area contributed by atoms with Gasteiger partial charge in [0.15, 0.2) is 0 Å². The summed E-state index contributed by atoms with van der Waals surface area (Å²) in [5.74, 6) is 5.11. The summed E-state index contributed by atoms with van der Waals surface area (Å²) in [4.78, 5) is 24.5. The highest BCUT2D eigenvalue weighted by Crippen LogP contribution is 2.31. The number of rotatable bonds is 4. The Balaban J connectivity index is 2.59. The monoisotopic (exact) mass is 270 g/mol. The van der Waals surface area contributed by atoms with E-state index in [2.05, 4.69) is 17.2 Å². The van der Waals surface area contributed by atoms with Crippen molar-refractivity contribution in [3.05, 3.63) is 0 Å². The third-order valence-corrected chi connectivity index (χ3v) is 4.12. The van der Waals surface area contributed by atoms with Gasteiger partial charge in [0.2, 0.25) is 0 Å². The number of nitrogens with zero attached hydrogens (tertiary/aromatic N) is 1. The Kier molecular flexibility index (Phi) is 5.86. The summed E-state index contributed by atoms with van der Waals surface area (Å²) < 4.78 is 0. The molecule has 0 bridgehead atoms. The molecule has 2 atom stereocenters. The van der Waals surface area contributed by atoms with Crippen LogP contribution in [0.5, 0.6) is 0 Å². The number of amides is 2. The van der Waals surface area contributed by atoms with E-state index in [0.717, 1.165) is 6.42 Å². The number of aliphatic carboxylic acids is 1. The van der Waals surface area contributed by atoms with Gasteiger partial charge in [0.05, 0.1) is 5.37 Å². The number of carboxylic acid groups (broad SMARTS) is 1. The summed E-state index contributed by atoms with van der Waals surface area (Å²) in [5.41, 5.74) is 0. The molecule has 1 aliphatic heterocycles. The van der Waals surface area contributed by atoms with Gasteiger partial charge in [-0.3, -0.25) is 4.90 Å². The zero-order valence-corrected chi connectivity index (χ0v) is 11.4. The van der Waals surface area contributed by atoms with Gasteiger partial charge in [-0.05, 0) is 13.3 Å². The number of carbonyl (C=O) groups is 2. The van der Waals surface area contributed by atoms with Crippen LogP contribution in [0.15, 0.2) is 0 Å². The lowest BCUT2D eigenvalue weighted by Crippen LogP contribution is -2.50. The molecule has 0 aromatic heterocycles. The van der Waals surface area contributed by atoms with Crippen LogP contribution in [0.4, 0.5) is 4.79 Å². The molecule has 1 fully saturated rings. The Hall–Kier alpha value is -1.35. The molecule has 2 unspecified atom stereocenters. The van der Waals surface area contributed by atoms with Crippen LogP contribution < -0.4 is 5.32 Å². The lowest BCUT2D eigenvalue weighted by atomic mass is 10.3. The molecule has 0 aliphatic carbocycles. The van der Waals surface area contributed by atoms with Gasteiger partial charge in [0, 0.05) is 18.7 Å². The molecular formula is C12H18N2O3S. The van der Waals surface area contributed by atoms with Gasteiger partial charge in [-0.15, -0.1) is 23.6 Å². The van der Waals surface area contributed by atoms with Gasteiger partial charge < -0.3 is 10.4 Å². The Morgan fingerprint density at radius 3 is 2.83 bits per heavy atom. The van der Waals surface area contributed by atoms with Crippen LogP contribution >= 0.6 is 11.8 Å². The second kappa shape index (κ2) is 7.17. The Morgan fingerprint density at radius 2 is 2.28 bits per heavy atom. The van der Waals surface area contributed by atoms with Crippen molar-refractivity contribution in [2.24, 2.45) is 0 Å². The van der Waals surface area contributed by atoms with Crippen molar-refractivity contribution in [2.75, 3.05) is 12.3 Å². The number of urea groups is 1. The third-order valence-electron chi connectivity index (χ3n) is 2.66. The molecule has 0 radical (unpaired) electrons. The molecule has 1 rings (SSSR count). The van der Waals surface area contributed by atoms with E-state index in [0.29, 0.717) is 18.7 Å². The van der Waals surface area contributed by atoms with Crippen LogP contribution in [0.25, 0.3) is 0 Å². The molecule has 6 heteroatoms. The van der Waals surface area contributed by atoms with E-state index in [-0.39, 0.29) is 11.4 Å². The average Bonchev–Trinajstić information content (AvgIpc) is 2.78. The minimum atomic E-state index is -0.943. The van der Waals surface area contributed by atoms with Gasteiger partial charge in [0.1, 0.15) is 6.04 Å². The van der Waals surface area contributed by atoms with Crippen molar-refractivity contribution in [3.8, 4) is 11.8 Å². The number of carbonyl (C=O) groups excluding carboxylic acids is 1. The Bertz CT molecular complexity index is 375. The van der Waals surface area contributed by atoms with E-state index in [1.54, 1.807) is 6.92 Å². The largest absolute Gasteiger partial charge is 0.480 e. The topological polar surface area (TPSA) is 69.6 Å². The van der Waals surface area contributed by atoms with Crippen molar-refractivity contribution in [1.82, 2.24) is 10.2 Å². The van der Waals surface area contributed by atoms with Gasteiger partial charge in [-0.2, -0.15) is 0 Å². The first-order valence-electron chi connectivity index (χ1n) is 5.92. The molecule has 1 saturated heterocycles. The normalized spacial score (nSPS) is 22.2. The first-order chi connectivity index (χ1) is 8.61. The SMILES string of the molecule is CC#CCCNC(=O)N1C(CC)SCC1C(=O)O. The summed E-state index contributed by atoms with van der Waals surface area (Å²) in [6.45, 7) is 4.14. The zero-order valence-electron chi connectivity index (χ0n) is 10.6. The summed E-state index contributed by atoms with van der Waals surface area (Å²) in [7, 11) is 0. The average molecular weight is 270 g/mol. The van der Waals surface area contributed by atoms with Crippen LogP contribution in [-0.2, 0) is 4.79 Å². The zero-order chi connectivity index (χ0) is 13.5. The molecule has 0 aromatic rings. The number of nitrogens with one attached hydrogen (secondary N) is 1. The molecule has 2 amide bonds. The molecule has 5 nitrogen and oxygen atoms in total. The lowest BCUT2D eigenvalue weighted by Gasteiger charge is -2.26. The molecule has 2 N–H and O–H groups in total. The van der Waals surface area contributed by atoms with Gasteiger partial charge in [0.25, 0.3) is 0 Å². The highest BCUT2D eigenvalue weighted by molar-refractivity contribution is 8.00. The van der Waals surface area contributed by atoms with E-state index < -0.39 is 12.0 Å². The maximum Gasteiger partial charge on any atom is 0.327 e. The van der Waals surface area contributed by atoms with Crippen LogP contribution in [0.1, 0.15) is 26.7 Å². The van der Waals surface area contributed by atoms with Gasteiger partial charge in [-0.25, -0.2) is 9.59 Å². The van der Waals surface area contributed by atoms with Crippen LogP contribution in [0, 0.1) is 11.8 Å². The van der Waals surface area contributed by atoms with Crippen molar-refractivity contribution < 1.29 is 14.7 Å². The summed E-state index contributed by atoms with van der Waals surface area (Å²) >= 11 is 1.52. The molecule has 1 heterocycles. The molecule has 100 valence electrons. The smallest absolute Gasteiger partial charge is 0.327 e. The fraction of sp³-hybridized carbons (Fsp3) is 0.667. The predicted molar refractivity (Wildman–Crippen MR) is 71.3 cm³/mol. The Labute approximate surface area is 111 Å². The Morgan fingerprint density at radius 1 is 1.56 bits per heavy atom. The molecule has 0 aromatic carbocycles. The maximum atomic E-state index is 12.0. The first-order valence-corrected chi connectivity index (χ1v) is 6.96. The molecule has 0 saturated carbocycles. The summed E-state index contributed by atoms with van der Waals surface area (Å²) in [6.07, 6.45) is 1.33. The number of hydrogen-bond acceptors (Lipinski definition) is 3. The molecular weight excluding hydrogens is 252 g/mol. The fourth-order valence-electron chi connectivity index (χ4n) is 1.79. The second-order valence-corrected chi connectivity index (χ2v) is 5.08. The minimum absolute atomic E-state index is 0.0524.